The van der Waals surface area contributed by atoms with Gasteiger partial charge in [0.15, 0.2) is 5.13 Å². The van der Waals surface area contributed by atoms with E-state index in [9.17, 15) is 29.6 Å². The number of Topliss-reactive ketones (excluding diaryl/α,β-unsaturated/α-hetero) is 1. The highest BCUT2D eigenvalue weighted by molar-refractivity contribution is 7.17. The quantitative estimate of drug-likeness (QED) is 0.0412. The van der Waals surface area contributed by atoms with Crippen molar-refractivity contribution in [1.29, 1.82) is 0 Å². The van der Waals surface area contributed by atoms with Crippen molar-refractivity contribution in [3.63, 3.8) is 0 Å². The monoisotopic (exact) mass is 625 g/mol. The normalized spacial score (nSPS) is 15.6. The Morgan fingerprint density at radius 1 is 1.09 bits per heavy atom. The van der Waals surface area contributed by atoms with Gasteiger partial charge in [0.1, 0.15) is 29.6 Å². The average molecular weight is 626 g/mol. The lowest BCUT2D eigenvalue weighted by Gasteiger charge is -2.23. The number of aliphatic hydroxyl groups is 1. The highest BCUT2D eigenvalue weighted by Gasteiger charge is 2.48. The minimum atomic E-state index is -1.20. The van der Waals surface area contributed by atoms with Crippen LogP contribution in [0.15, 0.2) is 91.0 Å². The van der Waals surface area contributed by atoms with Crippen LogP contribution in [0.4, 0.5) is 10.8 Å². The second-order valence-electron chi connectivity index (χ2n) is 10.1. The molecular weight excluding hydrogens is 598 g/mol. The predicted molar refractivity (Wildman–Crippen MR) is 167 cm³/mol. The van der Waals surface area contributed by atoms with Gasteiger partial charge in [0.2, 0.25) is 0 Å². The summed E-state index contributed by atoms with van der Waals surface area (Å²) in [5.41, 5.74) is 2.48. The molecule has 0 spiro atoms. The fraction of sp³-hybridized carbons (Fsp3) is 0.152. The summed E-state index contributed by atoms with van der Waals surface area (Å²) in [6.07, 6.45) is 1.41. The van der Waals surface area contributed by atoms with E-state index in [4.69, 9.17) is 9.47 Å². The zero-order valence-electron chi connectivity index (χ0n) is 24.3. The lowest BCUT2D eigenvalue weighted by Crippen LogP contribution is -2.29. The third-order valence-corrected chi connectivity index (χ3v) is 8.29. The molecule has 1 N–H and O–H groups in total. The number of hydrogen-bond acceptors (Lipinski definition) is 10. The summed E-state index contributed by atoms with van der Waals surface area (Å²) in [6, 6.07) is 18.3. The first-order chi connectivity index (χ1) is 21.6. The second-order valence-corrected chi connectivity index (χ2v) is 11.0. The molecule has 11 nitrogen and oxygen atoms in total. The molecule has 2 heterocycles. The number of thiazole rings is 1. The fourth-order valence-corrected chi connectivity index (χ4v) is 5.78. The van der Waals surface area contributed by atoms with Crippen LogP contribution < -0.4 is 9.64 Å². The Balaban J connectivity index is 1.54. The van der Waals surface area contributed by atoms with Crippen LogP contribution >= 0.6 is 11.3 Å². The summed E-state index contributed by atoms with van der Waals surface area (Å²) >= 11 is 0.848. The Morgan fingerprint density at radius 2 is 1.78 bits per heavy atom. The first-order valence-electron chi connectivity index (χ1n) is 13.7. The topological polar surface area (TPSA) is 149 Å². The van der Waals surface area contributed by atoms with Gasteiger partial charge in [-0.2, -0.15) is 0 Å². The lowest BCUT2D eigenvalue weighted by molar-refractivity contribution is -0.384. The van der Waals surface area contributed by atoms with Gasteiger partial charge in [-0.15, -0.1) is 0 Å². The van der Waals surface area contributed by atoms with Crippen molar-refractivity contribution in [2.24, 2.45) is 0 Å². The Hall–Kier alpha value is -5.62. The summed E-state index contributed by atoms with van der Waals surface area (Å²) in [5, 5.41) is 22.8. The number of carbonyl (C=O) groups excluding carboxylic acids is 3. The minimum Gasteiger partial charge on any atom is -0.507 e. The van der Waals surface area contributed by atoms with Gasteiger partial charge in [-0.3, -0.25) is 24.6 Å². The Morgan fingerprint density at radius 3 is 2.42 bits per heavy atom. The van der Waals surface area contributed by atoms with Crippen LogP contribution in [0.1, 0.15) is 43.7 Å². The van der Waals surface area contributed by atoms with Crippen molar-refractivity contribution in [3.8, 4) is 5.75 Å². The number of aliphatic hydroxyl groups excluding tert-OH is 1. The number of rotatable bonds is 10. The van der Waals surface area contributed by atoms with Crippen LogP contribution in [0.3, 0.4) is 0 Å². The van der Waals surface area contributed by atoms with Gasteiger partial charge in [0.25, 0.3) is 11.5 Å². The van der Waals surface area contributed by atoms with Crippen LogP contribution in [-0.2, 0) is 20.9 Å². The number of nitro groups is 1. The van der Waals surface area contributed by atoms with Gasteiger partial charge in [0, 0.05) is 17.7 Å². The summed E-state index contributed by atoms with van der Waals surface area (Å²) in [5.74, 6) is -2.58. The van der Waals surface area contributed by atoms with Crippen LogP contribution in [0.25, 0.3) is 5.76 Å². The molecule has 12 heteroatoms. The van der Waals surface area contributed by atoms with Crippen molar-refractivity contribution in [2.45, 2.75) is 26.5 Å². The molecule has 0 bridgehead atoms. The van der Waals surface area contributed by atoms with E-state index in [1.807, 2.05) is 31.2 Å². The van der Waals surface area contributed by atoms with Gasteiger partial charge in [-0.1, -0.05) is 48.3 Å². The molecule has 1 saturated heterocycles. The number of hydrogen-bond donors (Lipinski definition) is 1. The van der Waals surface area contributed by atoms with E-state index < -0.39 is 34.4 Å². The van der Waals surface area contributed by atoms with Crippen molar-refractivity contribution in [3.05, 3.63) is 134 Å². The summed E-state index contributed by atoms with van der Waals surface area (Å²) in [4.78, 5) is 55.9. The standard InChI is InChI=1S/C33H27N3O8S/c1-4-17-43-32(40)30-20(3)34-33(45-30)35-27(21-9-13-24(14-10-21)36(41)42)26(29(38)31(35)39)28(37)22-11-15-25(16-12-22)44-18-23-8-6-5-7-19(23)2/h4-16,27,37H,1,17-18H2,2-3H3/b28-26+. The van der Waals surface area contributed by atoms with E-state index in [0.29, 0.717) is 17.9 Å². The molecule has 1 aliphatic rings. The second kappa shape index (κ2) is 12.9. The van der Waals surface area contributed by atoms with Crippen molar-refractivity contribution >= 4 is 45.6 Å². The number of nitro benzene ring substituents is 1. The molecule has 1 unspecified atom stereocenters. The summed E-state index contributed by atoms with van der Waals surface area (Å²) < 4.78 is 11.0. The number of amides is 1. The number of aryl methyl sites for hydroxylation is 2. The molecular formula is C33H27N3O8S. The van der Waals surface area contributed by atoms with Crippen molar-refractivity contribution in [1.82, 2.24) is 4.98 Å². The molecule has 0 radical (unpaired) electrons. The smallest absolute Gasteiger partial charge is 0.350 e. The maximum Gasteiger partial charge on any atom is 0.350 e. The van der Waals surface area contributed by atoms with Gasteiger partial charge in [-0.05, 0) is 66.9 Å². The van der Waals surface area contributed by atoms with Crippen molar-refractivity contribution < 1.29 is 33.9 Å². The largest absolute Gasteiger partial charge is 0.507 e. The molecule has 1 atom stereocenters. The van der Waals surface area contributed by atoms with Crippen LogP contribution in [0.2, 0.25) is 0 Å². The van der Waals surface area contributed by atoms with Crippen molar-refractivity contribution in [2.75, 3.05) is 11.5 Å². The minimum absolute atomic E-state index is 0.0162. The van der Waals surface area contributed by atoms with E-state index in [2.05, 4.69) is 11.6 Å². The number of anilines is 1. The first kappa shape index (κ1) is 30.8. The molecule has 5 rings (SSSR count). The molecule has 45 heavy (non-hydrogen) atoms. The third-order valence-electron chi connectivity index (χ3n) is 7.16. The number of benzene rings is 3. The summed E-state index contributed by atoms with van der Waals surface area (Å²) in [6.45, 7) is 7.36. The number of nitrogens with zero attached hydrogens (tertiary/aromatic N) is 3. The SMILES string of the molecule is C=CCOC(=O)c1sc(N2C(=O)C(=O)/C(=C(/O)c3ccc(OCc4ccccc4C)cc3)C2c2ccc([N+](=O)[O-])cc2)nc1C. The molecule has 1 fully saturated rings. The number of aromatic nitrogens is 1. The van der Waals surface area contributed by atoms with Gasteiger partial charge in [-0.25, -0.2) is 9.78 Å². The zero-order chi connectivity index (χ0) is 32.2. The van der Waals surface area contributed by atoms with E-state index >= 15 is 0 Å². The van der Waals surface area contributed by atoms with Crippen LogP contribution in [-0.4, -0.2) is 39.3 Å². The van der Waals surface area contributed by atoms with E-state index in [1.165, 1.54) is 30.3 Å². The molecule has 4 aromatic rings. The number of esters is 1. The first-order valence-corrected chi connectivity index (χ1v) is 14.5. The number of ether oxygens (including phenoxy) is 2. The maximum atomic E-state index is 13.5. The zero-order valence-corrected chi connectivity index (χ0v) is 25.1. The molecule has 1 aliphatic heterocycles. The molecule has 3 aromatic carbocycles. The maximum absolute atomic E-state index is 13.5. The van der Waals surface area contributed by atoms with Gasteiger partial charge < -0.3 is 14.6 Å². The highest BCUT2D eigenvalue weighted by Crippen LogP contribution is 2.44. The Labute approximate surface area is 261 Å². The molecule has 228 valence electrons. The average Bonchev–Trinajstić information content (AvgIpc) is 3.55. The predicted octanol–water partition coefficient (Wildman–Crippen LogP) is 6.22. The van der Waals surface area contributed by atoms with Gasteiger partial charge >= 0.3 is 11.9 Å². The van der Waals surface area contributed by atoms with E-state index in [-0.39, 0.29) is 39.1 Å². The van der Waals surface area contributed by atoms with Crippen LogP contribution in [0.5, 0.6) is 5.75 Å². The van der Waals surface area contributed by atoms with E-state index in [0.717, 1.165) is 27.4 Å². The number of non-ortho nitro benzene ring substituents is 1. The molecule has 1 amide bonds. The molecule has 0 aliphatic carbocycles. The van der Waals surface area contributed by atoms with Gasteiger partial charge in [0.05, 0.1) is 22.2 Å². The number of ketones is 1. The molecule has 1 aromatic heterocycles. The third kappa shape index (κ3) is 6.22. The van der Waals surface area contributed by atoms with E-state index in [1.54, 1.807) is 31.2 Å². The summed E-state index contributed by atoms with van der Waals surface area (Å²) in [7, 11) is 0. The Bertz CT molecular complexity index is 1840. The van der Waals surface area contributed by atoms with Crippen LogP contribution in [0, 0.1) is 24.0 Å². The lowest BCUT2D eigenvalue weighted by atomic mass is 9.95. The molecule has 0 saturated carbocycles. The number of carbonyl (C=O) groups is 3. The Kier molecular flexibility index (Phi) is 8.86. The fourth-order valence-electron chi connectivity index (χ4n) is 4.80. The highest BCUT2D eigenvalue weighted by atomic mass is 32.1.